The molecule has 1 fully saturated rings. The van der Waals surface area contributed by atoms with E-state index >= 15 is 0 Å². The molecule has 1 aliphatic carbocycles. The fourth-order valence-corrected chi connectivity index (χ4v) is 3.25. The van der Waals surface area contributed by atoms with Crippen molar-refractivity contribution in [3.63, 3.8) is 0 Å². The Morgan fingerprint density at radius 3 is 2.43 bits per heavy atom. The van der Waals surface area contributed by atoms with E-state index in [1.54, 1.807) is 0 Å². The van der Waals surface area contributed by atoms with Gasteiger partial charge in [0.25, 0.3) is 0 Å². The van der Waals surface area contributed by atoms with Gasteiger partial charge in [-0.2, -0.15) is 0 Å². The van der Waals surface area contributed by atoms with Crippen molar-refractivity contribution in [1.29, 1.82) is 0 Å². The summed E-state index contributed by atoms with van der Waals surface area (Å²) in [5.74, 6) is -0.999. The van der Waals surface area contributed by atoms with Crippen LogP contribution >= 0.6 is 15.9 Å². The molecule has 1 aromatic rings. The summed E-state index contributed by atoms with van der Waals surface area (Å²) in [5, 5.41) is 14.7. The highest BCUT2D eigenvalue weighted by Gasteiger charge is 2.26. The number of urea groups is 1. The highest BCUT2D eigenvalue weighted by molar-refractivity contribution is 9.10. The number of amides is 2. The van der Waals surface area contributed by atoms with Gasteiger partial charge in [-0.05, 0) is 56.4 Å². The van der Waals surface area contributed by atoms with Gasteiger partial charge in [0.05, 0.1) is 5.92 Å². The van der Waals surface area contributed by atoms with E-state index in [0.29, 0.717) is 25.7 Å². The summed E-state index contributed by atoms with van der Waals surface area (Å²) in [7, 11) is 0. The SMILES string of the molecule is Cc1cc(Br)cc(NC(=O)NC2CCC(C(=O)O)CC2)c1. The minimum absolute atomic E-state index is 0.0499. The maximum atomic E-state index is 12.0. The molecule has 0 bridgehead atoms. The molecule has 0 heterocycles. The number of anilines is 1. The van der Waals surface area contributed by atoms with E-state index in [2.05, 4.69) is 26.6 Å². The monoisotopic (exact) mass is 354 g/mol. The van der Waals surface area contributed by atoms with Crippen molar-refractivity contribution in [1.82, 2.24) is 5.32 Å². The van der Waals surface area contributed by atoms with Crippen molar-refractivity contribution in [2.24, 2.45) is 5.92 Å². The molecule has 5 nitrogen and oxygen atoms in total. The quantitative estimate of drug-likeness (QED) is 0.776. The van der Waals surface area contributed by atoms with Gasteiger partial charge in [-0.15, -0.1) is 0 Å². The zero-order chi connectivity index (χ0) is 15.4. The standard InChI is InChI=1S/C15H19BrN2O3/c1-9-6-11(16)8-13(7-9)18-15(21)17-12-4-2-10(3-5-12)14(19)20/h6-8,10,12H,2-5H2,1H3,(H,19,20)(H2,17,18,21). The molecule has 0 unspecified atom stereocenters. The Morgan fingerprint density at radius 2 is 1.86 bits per heavy atom. The maximum Gasteiger partial charge on any atom is 0.319 e. The smallest absolute Gasteiger partial charge is 0.319 e. The van der Waals surface area contributed by atoms with Crippen molar-refractivity contribution in [2.75, 3.05) is 5.32 Å². The third kappa shape index (κ3) is 4.74. The zero-order valence-corrected chi connectivity index (χ0v) is 13.4. The summed E-state index contributed by atoms with van der Waals surface area (Å²) in [6.07, 6.45) is 2.66. The third-order valence-electron chi connectivity index (χ3n) is 3.71. The lowest BCUT2D eigenvalue weighted by Gasteiger charge is -2.26. The fraction of sp³-hybridized carbons (Fsp3) is 0.467. The molecule has 2 rings (SSSR count). The second kappa shape index (κ2) is 6.93. The first-order chi connectivity index (χ1) is 9.94. The van der Waals surface area contributed by atoms with Crippen molar-refractivity contribution < 1.29 is 14.7 Å². The average molecular weight is 355 g/mol. The Balaban J connectivity index is 1.84. The third-order valence-corrected chi connectivity index (χ3v) is 4.17. The number of rotatable bonds is 3. The first kappa shape index (κ1) is 15.8. The maximum absolute atomic E-state index is 12.0. The molecule has 2 amide bonds. The molecule has 21 heavy (non-hydrogen) atoms. The number of carbonyl (C=O) groups is 2. The fourth-order valence-electron chi connectivity index (χ4n) is 2.65. The Kier molecular flexibility index (Phi) is 5.22. The van der Waals surface area contributed by atoms with E-state index in [1.165, 1.54) is 0 Å². The number of hydrogen-bond donors (Lipinski definition) is 3. The predicted molar refractivity (Wildman–Crippen MR) is 84.4 cm³/mol. The van der Waals surface area contributed by atoms with E-state index in [1.807, 2.05) is 25.1 Å². The normalized spacial score (nSPS) is 21.6. The molecule has 0 aliphatic heterocycles. The zero-order valence-electron chi connectivity index (χ0n) is 11.9. The molecule has 3 N–H and O–H groups in total. The van der Waals surface area contributed by atoms with E-state index < -0.39 is 5.97 Å². The Bertz CT molecular complexity index is 519. The number of aliphatic carboxylic acids is 1. The van der Waals surface area contributed by atoms with E-state index in [4.69, 9.17) is 5.11 Å². The molecular formula is C15H19BrN2O3. The lowest BCUT2D eigenvalue weighted by atomic mass is 9.86. The highest BCUT2D eigenvalue weighted by atomic mass is 79.9. The van der Waals surface area contributed by atoms with Gasteiger partial charge in [0.1, 0.15) is 0 Å². The minimum Gasteiger partial charge on any atom is -0.481 e. The number of hydrogen-bond acceptors (Lipinski definition) is 2. The largest absolute Gasteiger partial charge is 0.481 e. The van der Waals surface area contributed by atoms with Crippen LogP contribution in [0, 0.1) is 12.8 Å². The summed E-state index contributed by atoms with van der Waals surface area (Å²) in [4.78, 5) is 22.8. The van der Waals surface area contributed by atoms with E-state index in [0.717, 1.165) is 15.7 Å². The second-order valence-corrected chi connectivity index (χ2v) is 6.42. The minimum atomic E-state index is -0.734. The summed E-state index contributed by atoms with van der Waals surface area (Å²) in [6.45, 7) is 1.96. The molecule has 1 saturated carbocycles. The van der Waals surface area contributed by atoms with E-state index in [-0.39, 0.29) is 18.0 Å². The summed E-state index contributed by atoms with van der Waals surface area (Å²) in [5.41, 5.74) is 1.79. The van der Waals surface area contributed by atoms with E-state index in [9.17, 15) is 9.59 Å². The van der Waals surface area contributed by atoms with Crippen LogP contribution in [0.2, 0.25) is 0 Å². The molecule has 114 valence electrons. The number of aryl methyl sites for hydroxylation is 1. The molecule has 0 spiro atoms. The molecule has 0 atom stereocenters. The van der Waals surface area contributed by atoms with Crippen LogP contribution in [0.25, 0.3) is 0 Å². The highest BCUT2D eigenvalue weighted by Crippen LogP contribution is 2.24. The Labute approximate surface area is 132 Å². The topological polar surface area (TPSA) is 78.4 Å². The molecule has 1 aliphatic rings. The van der Waals surface area contributed by atoms with Gasteiger partial charge >= 0.3 is 12.0 Å². The van der Waals surface area contributed by atoms with Crippen molar-refractivity contribution in [2.45, 2.75) is 38.6 Å². The number of carboxylic acids is 1. The molecule has 0 aromatic heterocycles. The van der Waals surface area contributed by atoms with Gasteiger partial charge < -0.3 is 15.7 Å². The van der Waals surface area contributed by atoms with Crippen LogP contribution in [-0.4, -0.2) is 23.1 Å². The number of nitrogens with one attached hydrogen (secondary N) is 2. The Hall–Kier alpha value is -1.56. The lowest BCUT2D eigenvalue weighted by molar-refractivity contribution is -0.142. The molecule has 0 radical (unpaired) electrons. The molecule has 0 saturated heterocycles. The number of benzene rings is 1. The van der Waals surface area contributed by atoms with Crippen molar-refractivity contribution in [3.8, 4) is 0 Å². The molecule has 1 aromatic carbocycles. The predicted octanol–water partition coefficient (Wildman–Crippen LogP) is 3.52. The number of carbonyl (C=O) groups excluding carboxylic acids is 1. The van der Waals surface area contributed by atoms with Crippen LogP contribution in [0.15, 0.2) is 22.7 Å². The second-order valence-electron chi connectivity index (χ2n) is 5.50. The van der Waals surface area contributed by atoms with Gasteiger partial charge in [0.2, 0.25) is 0 Å². The molecular weight excluding hydrogens is 336 g/mol. The Morgan fingerprint density at radius 1 is 1.19 bits per heavy atom. The van der Waals surface area contributed by atoms with Crippen molar-refractivity contribution >= 4 is 33.6 Å². The van der Waals surface area contributed by atoms with Gasteiger partial charge in [-0.3, -0.25) is 4.79 Å². The van der Waals surface area contributed by atoms with Crippen LogP contribution in [0.4, 0.5) is 10.5 Å². The van der Waals surface area contributed by atoms with Gasteiger partial charge in [0.15, 0.2) is 0 Å². The molecule has 6 heteroatoms. The average Bonchev–Trinajstić information content (AvgIpc) is 2.37. The van der Waals surface area contributed by atoms with Gasteiger partial charge in [-0.1, -0.05) is 15.9 Å². The van der Waals surface area contributed by atoms with Gasteiger partial charge in [0, 0.05) is 16.2 Å². The lowest BCUT2D eigenvalue weighted by Crippen LogP contribution is -2.40. The summed E-state index contributed by atoms with van der Waals surface area (Å²) in [6, 6.07) is 5.51. The van der Waals surface area contributed by atoms with Crippen LogP contribution in [-0.2, 0) is 4.79 Å². The number of carboxylic acid groups (broad SMARTS) is 1. The van der Waals surface area contributed by atoms with Crippen LogP contribution in [0.1, 0.15) is 31.2 Å². The summed E-state index contributed by atoms with van der Waals surface area (Å²) < 4.78 is 0.916. The van der Waals surface area contributed by atoms with Crippen molar-refractivity contribution in [3.05, 3.63) is 28.2 Å². The van der Waals surface area contributed by atoms with Gasteiger partial charge in [-0.25, -0.2) is 4.79 Å². The first-order valence-corrected chi connectivity index (χ1v) is 7.81. The van der Waals surface area contributed by atoms with Crippen LogP contribution in [0.3, 0.4) is 0 Å². The first-order valence-electron chi connectivity index (χ1n) is 7.01. The number of halogens is 1. The summed E-state index contributed by atoms with van der Waals surface area (Å²) >= 11 is 3.39. The van der Waals surface area contributed by atoms with Crippen LogP contribution in [0.5, 0.6) is 0 Å². The van der Waals surface area contributed by atoms with Crippen LogP contribution < -0.4 is 10.6 Å².